The Balaban J connectivity index is 1.57. The molecule has 2 aromatic carbocycles. The van der Waals surface area contributed by atoms with Crippen LogP contribution in [0.3, 0.4) is 0 Å². The van der Waals surface area contributed by atoms with Crippen molar-refractivity contribution in [3.05, 3.63) is 64.7 Å². The molecule has 5 nitrogen and oxygen atoms in total. The molecule has 1 amide bonds. The van der Waals surface area contributed by atoms with Crippen molar-refractivity contribution in [1.82, 2.24) is 4.90 Å². The number of piperidine rings is 1. The molecule has 1 saturated heterocycles. The molecule has 32 heavy (non-hydrogen) atoms. The zero-order valence-electron chi connectivity index (χ0n) is 18.4. The van der Waals surface area contributed by atoms with Gasteiger partial charge in [0.15, 0.2) is 0 Å². The molecule has 172 valence electrons. The number of aliphatic hydroxyl groups excluding tert-OH is 1. The summed E-state index contributed by atoms with van der Waals surface area (Å²) < 4.78 is 5.90. The number of aliphatic hydroxyl groups is 2. The molecule has 2 aromatic rings. The molecule has 1 heterocycles. The van der Waals surface area contributed by atoms with Gasteiger partial charge in [-0.3, -0.25) is 4.79 Å². The van der Waals surface area contributed by atoms with Crippen LogP contribution in [-0.4, -0.2) is 45.8 Å². The summed E-state index contributed by atoms with van der Waals surface area (Å²) in [6.45, 7) is 1.43. The fraction of sp³-hybridized carbons (Fsp3) is 0.500. The average Bonchev–Trinajstić information content (AvgIpc) is 2.80. The number of amides is 1. The summed E-state index contributed by atoms with van der Waals surface area (Å²) in [6.07, 6.45) is 4.88. The van der Waals surface area contributed by atoms with Crippen molar-refractivity contribution in [3.63, 3.8) is 0 Å². The first-order valence-corrected chi connectivity index (χ1v) is 12.0. The first kappa shape index (κ1) is 23.1. The lowest BCUT2D eigenvalue weighted by atomic mass is 9.72. The van der Waals surface area contributed by atoms with Crippen LogP contribution in [-0.2, 0) is 11.4 Å². The molecule has 0 spiro atoms. The molecule has 6 heteroatoms. The summed E-state index contributed by atoms with van der Waals surface area (Å²) in [5, 5.41) is 21.9. The van der Waals surface area contributed by atoms with E-state index in [9.17, 15) is 15.0 Å². The number of carbonyl (C=O) groups excluding carboxylic acids is 1. The number of benzene rings is 2. The zero-order chi connectivity index (χ0) is 22.6. The quantitative estimate of drug-likeness (QED) is 0.660. The summed E-state index contributed by atoms with van der Waals surface area (Å²) in [5.74, 6) is -0.184. The third-order valence-electron chi connectivity index (χ3n) is 6.81. The van der Waals surface area contributed by atoms with Gasteiger partial charge in [-0.1, -0.05) is 67.3 Å². The van der Waals surface area contributed by atoms with Crippen LogP contribution in [0.2, 0.25) is 5.02 Å². The van der Waals surface area contributed by atoms with E-state index >= 15 is 0 Å². The molecule has 0 radical (unpaired) electrons. The van der Waals surface area contributed by atoms with Gasteiger partial charge >= 0.3 is 0 Å². The van der Waals surface area contributed by atoms with Crippen LogP contribution in [0.25, 0.3) is 0 Å². The van der Waals surface area contributed by atoms with Crippen molar-refractivity contribution in [2.75, 3.05) is 13.1 Å². The van der Waals surface area contributed by atoms with Crippen LogP contribution in [0.1, 0.15) is 62.0 Å². The second-order valence-corrected chi connectivity index (χ2v) is 9.53. The normalized spacial score (nSPS) is 20.0. The highest BCUT2D eigenvalue weighted by atomic mass is 35.5. The lowest BCUT2D eigenvalue weighted by molar-refractivity contribution is -0.143. The number of ether oxygens (including phenoxy) is 1. The van der Waals surface area contributed by atoms with Gasteiger partial charge in [-0.2, -0.15) is 0 Å². The number of nitrogens with zero attached hydrogens (tertiary/aromatic N) is 1. The number of likely N-dealkylation sites (tertiary alicyclic amines) is 1. The predicted octanol–water partition coefficient (Wildman–Crippen LogP) is 4.68. The Kier molecular flexibility index (Phi) is 7.39. The van der Waals surface area contributed by atoms with Gasteiger partial charge < -0.3 is 19.8 Å². The van der Waals surface area contributed by atoms with Crippen molar-refractivity contribution < 1.29 is 19.7 Å². The van der Waals surface area contributed by atoms with E-state index in [0.29, 0.717) is 56.2 Å². The predicted molar refractivity (Wildman–Crippen MR) is 125 cm³/mol. The Morgan fingerprint density at radius 2 is 1.78 bits per heavy atom. The van der Waals surface area contributed by atoms with Crippen LogP contribution in [0, 0.1) is 0 Å². The Hall–Kier alpha value is -2.08. The van der Waals surface area contributed by atoms with E-state index in [2.05, 4.69) is 0 Å². The van der Waals surface area contributed by atoms with E-state index in [1.807, 2.05) is 36.4 Å². The molecular weight excluding hydrogens is 426 g/mol. The van der Waals surface area contributed by atoms with Crippen molar-refractivity contribution >= 4 is 17.5 Å². The first-order chi connectivity index (χ1) is 15.5. The van der Waals surface area contributed by atoms with Crippen LogP contribution >= 0.6 is 11.6 Å². The fourth-order valence-corrected chi connectivity index (χ4v) is 5.20. The standard InChI is InChI=1S/C26H32ClNO4/c27-22-17-20(9-10-23(22)32-18-19-7-3-1-4-8-19)24(26(31)13-5-2-6-14-26)25(30)28-15-11-21(29)12-16-28/h1,3-4,7-10,17,21,24,29,31H,2,5-6,11-16,18H2. The van der Waals surface area contributed by atoms with Gasteiger partial charge in [-0.25, -0.2) is 0 Å². The maximum atomic E-state index is 13.6. The third-order valence-corrected chi connectivity index (χ3v) is 7.10. The lowest BCUT2D eigenvalue weighted by Crippen LogP contribution is -2.50. The molecule has 2 fully saturated rings. The highest BCUT2D eigenvalue weighted by Gasteiger charge is 2.45. The highest BCUT2D eigenvalue weighted by Crippen LogP contribution is 2.43. The van der Waals surface area contributed by atoms with Gasteiger partial charge in [0.05, 0.1) is 22.6 Å². The fourth-order valence-electron chi connectivity index (χ4n) is 4.95. The van der Waals surface area contributed by atoms with Crippen LogP contribution in [0.15, 0.2) is 48.5 Å². The van der Waals surface area contributed by atoms with E-state index < -0.39 is 11.5 Å². The Bertz CT molecular complexity index is 905. The minimum absolute atomic E-state index is 0.0738. The summed E-state index contributed by atoms with van der Waals surface area (Å²) in [7, 11) is 0. The number of hydrogen-bond donors (Lipinski definition) is 2. The summed E-state index contributed by atoms with van der Waals surface area (Å²) in [4.78, 5) is 15.4. The van der Waals surface area contributed by atoms with E-state index in [1.165, 1.54) is 0 Å². The van der Waals surface area contributed by atoms with Crippen molar-refractivity contribution in [1.29, 1.82) is 0 Å². The molecule has 1 aliphatic heterocycles. The Morgan fingerprint density at radius 3 is 2.44 bits per heavy atom. The van der Waals surface area contributed by atoms with Gasteiger partial charge in [0.1, 0.15) is 12.4 Å². The second-order valence-electron chi connectivity index (χ2n) is 9.12. The van der Waals surface area contributed by atoms with Crippen LogP contribution in [0.4, 0.5) is 0 Å². The summed E-state index contributed by atoms with van der Waals surface area (Å²) >= 11 is 6.57. The van der Waals surface area contributed by atoms with E-state index in [1.54, 1.807) is 17.0 Å². The van der Waals surface area contributed by atoms with Gasteiger partial charge in [0, 0.05) is 13.1 Å². The molecular formula is C26H32ClNO4. The number of hydrogen-bond acceptors (Lipinski definition) is 4. The summed E-state index contributed by atoms with van der Waals surface area (Å²) in [5.41, 5.74) is 0.688. The minimum atomic E-state index is -1.08. The zero-order valence-corrected chi connectivity index (χ0v) is 19.1. The molecule has 2 N–H and O–H groups in total. The second kappa shape index (κ2) is 10.2. The monoisotopic (exact) mass is 457 g/mol. The highest BCUT2D eigenvalue weighted by molar-refractivity contribution is 6.32. The smallest absolute Gasteiger partial charge is 0.233 e. The van der Waals surface area contributed by atoms with E-state index in [0.717, 1.165) is 30.4 Å². The maximum absolute atomic E-state index is 13.6. The molecule has 0 bridgehead atoms. The van der Waals surface area contributed by atoms with Gasteiger partial charge in [-0.05, 0) is 48.9 Å². The lowest BCUT2D eigenvalue weighted by Gasteiger charge is -2.42. The van der Waals surface area contributed by atoms with Crippen LogP contribution in [0.5, 0.6) is 5.75 Å². The number of rotatable bonds is 6. The number of carbonyl (C=O) groups is 1. The van der Waals surface area contributed by atoms with Crippen molar-refractivity contribution in [2.45, 2.75) is 69.2 Å². The van der Waals surface area contributed by atoms with Gasteiger partial charge in [0.25, 0.3) is 0 Å². The number of halogens is 1. The maximum Gasteiger partial charge on any atom is 0.233 e. The van der Waals surface area contributed by atoms with E-state index in [-0.39, 0.29) is 12.0 Å². The third kappa shape index (κ3) is 5.28. The summed E-state index contributed by atoms with van der Waals surface area (Å²) in [6, 6.07) is 15.3. The SMILES string of the molecule is O=C(C(c1ccc(OCc2ccccc2)c(Cl)c1)C1(O)CCCCC1)N1CCC(O)CC1. The first-order valence-electron chi connectivity index (χ1n) is 11.6. The van der Waals surface area contributed by atoms with Gasteiger partial charge in [-0.15, -0.1) is 0 Å². The molecule has 4 rings (SSSR count). The topological polar surface area (TPSA) is 70.0 Å². The Labute approximate surface area is 195 Å². The molecule has 1 atom stereocenters. The molecule has 1 unspecified atom stereocenters. The van der Waals surface area contributed by atoms with Crippen molar-refractivity contribution in [3.8, 4) is 5.75 Å². The van der Waals surface area contributed by atoms with E-state index in [4.69, 9.17) is 16.3 Å². The van der Waals surface area contributed by atoms with Crippen molar-refractivity contribution in [2.24, 2.45) is 0 Å². The van der Waals surface area contributed by atoms with Gasteiger partial charge in [0.2, 0.25) is 5.91 Å². The van der Waals surface area contributed by atoms with Crippen LogP contribution < -0.4 is 4.74 Å². The minimum Gasteiger partial charge on any atom is -0.487 e. The molecule has 1 saturated carbocycles. The average molecular weight is 458 g/mol. The Morgan fingerprint density at radius 1 is 1.09 bits per heavy atom. The largest absolute Gasteiger partial charge is 0.487 e. The molecule has 1 aliphatic carbocycles. The molecule has 2 aliphatic rings. The molecule has 0 aromatic heterocycles.